The summed E-state index contributed by atoms with van der Waals surface area (Å²) >= 11 is 0. The standard InChI is InChI=1S/C8H8O.C7H8O/c1-2-4-7(5-3-1)8-6-9-8;1-6-4-2-3-5-7(6)8/h1-5,8H,6H2;2-5,8H,1H3. The SMILES string of the molecule is Cc1ccccc1O.c1ccc(C2CO2)cc1. The maximum atomic E-state index is 8.92. The Labute approximate surface area is 101 Å². The van der Waals surface area contributed by atoms with E-state index >= 15 is 0 Å². The number of epoxide rings is 1. The Kier molecular flexibility index (Phi) is 3.78. The molecule has 2 aromatic carbocycles. The predicted octanol–water partition coefficient (Wildman–Crippen LogP) is 3.46. The van der Waals surface area contributed by atoms with Crippen molar-refractivity contribution in [3.63, 3.8) is 0 Å². The summed E-state index contributed by atoms with van der Waals surface area (Å²) in [5.74, 6) is 0.368. The van der Waals surface area contributed by atoms with Gasteiger partial charge in [-0.25, -0.2) is 0 Å². The lowest BCUT2D eigenvalue weighted by atomic mass is 10.2. The second-order valence-electron chi connectivity index (χ2n) is 4.02. The van der Waals surface area contributed by atoms with Gasteiger partial charge < -0.3 is 9.84 Å². The van der Waals surface area contributed by atoms with Gasteiger partial charge in [0.15, 0.2) is 0 Å². The van der Waals surface area contributed by atoms with Gasteiger partial charge in [-0.05, 0) is 24.1 Å². The van der Waals surface area contributed by atoms with Crippen molar-refractivity contribution in [3.8, 4) is 5.75 Å². The smallest absolute Gasteiger partial charge is 0.118 e. The summed E-state index contributed by atoms with van der Waals surface area (Å²) in [5.41, 5.74) is 2.23. The molecular formula is C15H16O2. The molecule has 2 heteroatoms. The van der Waals surface area contributed by atoms with E-state index in [-0.39, 0.29) is 0 Å². The van der Waals surface area contributed by atoms with Gasteiger partial charge >= 0.3 is 0 Å². The molecule has 0 spiro atoms. The quantitative estimate of drug-likeness (QED) is 0.758. The fraction of sp³-hybridized carbons (Fsp3) is 0.200. The minimum Gasteiger partial charge on any atom is -0.508 e. The maximum absolute atomic E-state index is 8.92. The molecule has 2 nitrogen and oxygen atoms in total. The number of phenols is 1. The third-order valence-electron chi connectivity index (χ3n) is 2.62. The van der Waals surface area contributed by atoms with Gasteiger partial charge in [0.1, 0.15) is 11.9 Å². The van der Waals surface area contributed by atoms with Gasteiger partial charge in [0.25, 0.3) is 0 Å². The van der Waals surface area contributed by atoms with E-state index in [4.69, 9.17) is 9.84 Å². The Balaban J connectivity index is 0.000000128. The van der Waals surface area contributed by atoms with Gasteiger partial charge in [-0.1, -0.05) is 48.5 Å². The molecule has 0 aliphatic carbocycles. The van der Waals surface area contributed by atoms with E-state index in [1.807, 2.05) is 43.3 Å². The molecule has 1 atom stereocenters. The van der Waals surface area contributed by atoms with Crippen molar-refractivity contribution in [2.45, 2.75) is 13.0 Å². The van der Waals surface area contributed by atoms with Crippen molar-refractivity contribution in [1.82, 2.24) is 0 Å². The molecule has 1 saturated heterocycles. The molecule has 0 bridgehead atoms. The highest BCUT2D eigenvalue weighted by atomic mass is 16.6. The summed E-state index contributed by atoms with van der Waals surface area (Å²) in [4.78, 5) is 0. The fourth-order valence-corrected chi connectivity index (χ4v) is 1.47. The lowest BCUT2D eigenvalue weighted by Crippen LogP contribution is -1.75. The van der Waals surface area contributed by atoms with Crippen LogP contribution in [0.3, 0.4) is 0 Å². The molecule has 0 saturated carbocycles. The minimum absolute atomic E-state index is 0.368. The number of aryl methyl sites for hydroxylation is 1. The first-order chi connectivity index (χ1) is 8.27. The molecule has 1 unspecified atom stereocenters. The summed E-state index contributed by atoms with van der Waals surface area (Å²) in [7, 11) is 0. The normalized spacial score (nSPS) is 16.9. The van der Waals surface area contributed by atoms with Gasteiger partial charge in [0, 0.05) is 0 Å². The molecule has 2 aromatic rings. The highest BCUT2D eigenvalue weighted by Gasteiger charge is 2.23. The van der Waals surface area contributed by atoms with E-state index in [9.17, 15) is 0 Å². The van der Waals surface area contributed by atoms with Crippen molar-refractivity contribution < 1.29 is 9.84 Å². The van der Waals surface area contributed by atoms with Crippen LogP contribution >= 0.6 is 0 Å². The van der Waals surface area contributed by atoms with Crippen LogP contribution in [0.1, 0.15) is 17.2 Å². The van der Waals surface area contributed by atoms with Gasteiger partial charge in [-0.15, -0.1) is 0 Å². The van der Waals surface area contributed by atoms with Crippen molar-refractivity contribution in [2.75, 3.05) is 6.61 Å². The second-order valence-corrected chi connectivity index (χ2v) is 4.02. The first kappa shape index (κ1) is 11.7. The van der Waals surface area contributed by atoms with Crippen LogP contribution in [0.15, 0.2) is 54.6 Å². The largest absolute Gasteiger partial charge is 0.508 e. The molecule has 1 aliphatic rings. The molecular weight excluding hydrogens is 212 g/mol. The molecule has 3 rings (SSSR count). The third-order valence-corrected chi connectivity index (χ3v) is 2.62. The van der Waals surface area contributed by atoms with Gasteiger partial charge in [0.05, 0.1) is 6.61 Å². The van der Waals surface area contributed by atoms with E-state index < -0.39 is 0 Å². The van der Waals surface area contributed by atoms with Crippen LogP contribution in [0.5, 0.6) is 5.75 Å². The van der Waals surface area contributed by atoms with Crippen LogP contribution in [0.2, 0.25) is 0 Å². The van der Waals surface area contributed by atoms with Crippen LogP contribution in [-0.4, -0.2) is 11.7 Å². The Morgan fingerprint density at radius 3 is 2.06 bits per heavy atom. The maximum Gasteiger partial charge on any atom is 0.118 e. The summed E-state index contributed by atoms with van der Waals surface area (Å²) in [6.45, 7) is 2.78. The first-order valence-corrected chi connectivity index (χ1v) is 5.68. The zero-order valence-corrected chi connectivity index (χ0v) is 9.84. The number of para-hydroxylation sites is 1. The average molecular weight is 228 g/mol. The van der Waals surface area contributed by atoms with Crippen molar-refractivity contribution in [1.29, 1.82) is 0 Å². The molecule has 88 valence electrons. The number of benzene rings is 2. The van der Waals surface area contributed by atoms with Gasteiger partial charge in [-0.2, -0.15) is 0 Å². The van der Waals surface area contributed by atoms with Crippen molar-refractivity contribution >= 4 is 0 Å². The number of hydrogen-bond donors (Lipinski definition) is 1. The molecule has 1 aliphatic heterocycles. The van der Waals surface area contributed by atoms with E-state index in [1.165, 1.54) is 5.56 Å². The Morgan fingerprint density at radius 1 is 1.00 bits per heavy atom. The number of aromatic hydroxyl groups is 1. The number of rotatable bonds is 1. The fourth-order valence-electron chi connectivity index (χ4n) is 1.47. The van der Waals surface area contributed by atoms with E-state index in [1.54, 1.807) is 6.07 Å². The minimum atomic E-state index is 0.368. The zero-order valence-electron chi connectivity index (χ0n) is 9.84. The summed E-state index contributed by atoms with van der Waals surface area (Å²) in [5, 5.41) is 8.92. The van der Waals surface area contributed by atoms with Crippen molar-refractivity contribution in [3.05, 3.63) is 65.7 Å². The number of phenolic OH excluding ortho intramolecular Hbond substituents is 1. The van der Waals surface area contributed by atoms with Crippen molar-refractivity contribution in [2.24, 2.45) is 0 Å². The summed E-state index contributed by atoms with van der Waals surface area (Å²) in [6, 6.07) is 17.5. The Hall–Kier alpha value is -1.80. The predicted molar refractivity (Wildman–Crippen MR) is 68.0 cm³/mol. The van der Waals surface area contributed by atoms with Crippen LogP contribution < -0.4 is 0 Å². The molecule has 0 aromatic heterocycles. The molecule has 1 heterocycles. The number of ether oxygens (including phenoxy) is 1. The summed E-state index contributed by atoms with van der Waals surface area (Å²) in [6.07, 6.45) is 0.409. The topological polar surface area (TPSA) is 32.8 Å². The molecule has 0 amide bonds. The third kappa shape index (κ3) is 3.61. The molecule has 17 heavy (non-hydrogen) atoms. The highest BCUT2D eigenvalue weighted by Crippen LogP contribution is 2.28. The lowest BCUT2D eigenvalue weighted by Gasteiger charge is -1.92. The van der Waals surface area contributed by atoms with E-state index in [0.29, 0.717) is 11.9 Å². The zero-order chi connectivity index (χ0) is 12.1. The Bertz CT molecular complexity index is 440. The Morgan fingerprint density at radius 2 is 1.59 bits per heavy atom. The second kappa shape index (κ2) is 5.51. The monoisotopic (exact) mass is 228 g/mol. The molecule has 0 radical (unpaired) electrons. The van der Waals surface area contributed by atoms with Crippen LogP contribution in [0.4, 0.5) is 0 Å². The van der Waals surface area contributed by atoms with E-state index in [0.717, 1.165) is 12.2 Å². The van der Waals surface area contributed by atoms with Crippen LogP contribution in [-0.2, 0) is 4.74 Å². The molecule has 1 N–H and O–H groups in total. The number of hydrogen-bond acceptors (Lipinski definition) is 2. The molecule has 1 fully saturated rings. The average Bonchev–Trinajstić information content (AvgIpc) is 3.19. The van der Waals surface area contributed by atoms with Crippen LogP contribution in [0, 0.1) is 6.92 Å². The summed E-state index contributed by atoms with van der Waals surface area (Å²) < 4.78 is 5.09. The lowest BCUT2D eigenvalue weighted by molar-refractivity contribution is 0.415. The van der Waals surface area contributed by atoms with E-state index in [2.05, 4.69) is 12.1 Å². The van der Waals surface area contributed by atoms with Crippen LogP contribution in [0.25, 0.3) is 0 Å². The first-order valence-electron chi connectivity index (χ1n) is 5.68. The highest BCUT2D eigenvalue weighted by molar-refractivity contribution is 5.29. The van der Waals surface area contributed by atoms with Gasteiger partial charge in [-0.3, -0.25) is 0 Å². The van der Waals surface area contributed by atoms with Gasteiger partial charge in [0.2, 0.25) is 0 Å².